The number of nitrogen functional groups attached to an aromatic ring is 1. The van der Waals surface area contributed by atoms with Gasteiger partial charge in [-0.05, 0) is 31.2 Å². The summed E-state index contributed by atoms with van der Waals surface area (Å²) in [6, 6.07) is 5.19. The Balaban J connectivity index is 2.09. The lowest BCUT2D eigenvalue weighted by molar-refractivity contribution is -0.138. The van der Waals surface area contributed by atoms with Crippen LogP contribution in [-0.2, 0) is 12.4 Å². The number of halogens is 6. The summed E-state index contributed by atoms with van der Waals surface area (Å²) in [6.07, 6.45) is -9.17. The summed E-state index contributed by atoms with van der Waals surface area (Å²) in [4.78, 5) is 4.11. The first kappa shape index (κ1) is 18.3. The summed E-state index contributed by atoms with van der Waals surface area (Å²) in [5.74, 6) is 0. The summed E-state index contributed by atoms with van der Waals surface area (Å²) in [5.41, 5.74) is 4.05. The number of aromatic nitrogens is 1. The predicted octanol–water partition coefficient (Wildman–Crippen LogP) is 5.97. The summed E-state index contributed by atoms with van der Waals surface area (Å²) in [5, 5.41) is 2.50. The maximum Gasteiger partial charge on any atom is 0.417 e. The molecule has 0 aliphatic heterocycles. The van der Waals surface area contributed by atoms with Crippen LogP contribution in [0.5, 0.6) is 0 Å². The Kier molecular flexibility index (Phi) is 4.26. The minimum atomic E-state index is -4.63. The van der Waals surface area contributed by atoms with Crippen molar-refractivity contribution in [3.63, 3.8) is 0 Å². The summed E-state index contributed by atoms with van der Waals surface area (Å²) < 4.78 is 78.2. The molecule has 2 aromatic heterocycles. The van der Waals surface area contributed by atoms with Crippen LogP contribution >= 0.6 is 11.3 Å². The molecular formula is C16H11F6N3S. The van der Waals surface area contributed by atoms with E-state index in [1.54, 1.807) is 0 Å². The standard InChI is InChI=1S/C16H11F6N3S/c1-7-5-10(16(20,21)22)11-12(23)14(26-13(11)24-7)25-9-4-2-3-8(6-9)15(17,18)19/h2-6,25H,23H2,1H3. The highest BCUT2D eigenvalue weighted by molar-refractivity contribution is 7.23. The molecule has 3 nitrogen and oxygen atoms in total. The third-order valence-electron chi connectivity index (χ3n) is 3.58. The van der Waals surface area contributed by atoms with Crippen LogP contribution in [0, 0.1) is 6.92 Å². The zero-order valence-corrected chi connectivity index (χ0v) is 13.9. The minimum Gasteiger partial charge on any atom is -0.396 e. The molecule has 0 aliphatic rings. The van der Waals surface area contributed by atoms with Gasteiger partial charge in [0.1, 0.15) is 9.83 Å². The molecule has 0 spiro atoms. The van der Waals surface area contributed by atoms with Crippen LogP contribution in [-0.4, -0.2) is 4.98 Å². The molecule has 1 aromatic carbocycles. The van der Waals surface area contributed by atoms with Gasteiger partial charge < -0.3 is 11.1 Å². The van der Waals surface area contributed by atoms with E-state index in [9.17, 15) is 26.3 Å². The number of benzene rings is 1. The van der Waals surface area contributed by atoms with E-state index >= 15 is 0 Å². The number of nitrogens with two attached hydrogens (primary N) is 1. The topological polar surface area (TPSA) is 50.9 Å². The van der Waals surface area contributed by atoms with Crippen molar-refractivity contribution in [1.29, 1.82) is 0 Å². The van der Waals surface area contributed by atoms with E-state index in [2.05, 4.69) is 10.3 Å². The molecule has 0 amide bonds. The Morgan fingerprint density at radius 2 is 1.73 bits per heavy atom. The van der Waals surface area contributed by atoms with Gasteiger partial charge in [0.25, 0.3) is 0 Å². The molecule has 0 unspecified atom stereocenters. The number of alkyl halides is 6. The molecule has 26 heavy (non-hydrogen) atoms. The lowest BCUT2D eigenvalue weighted by Gasteiger charge is -2.11. The van der Waals surface area contributed by atoms with Gasteiger partial charge in [0.2, 0.25) is 0 Å². The third-order valence-corrected chi connectivity index (χ3v) is 4.60. The van der Waals surface area contributed by atoms with Crippen molar-refractivity contribution in [2.75, 3.05) is 11.1 Å². The van der Waals surface area contributed by atoms with Crippen LogP contribution < -0.4 is 11.1 Å². The molecule has 0 aliphatic carbocycles. The van der Waals surface area contributed by atoms with E-state index in [1.807, 2.05) is 0 Å². The summed E-state index contributed by atoms with van der Waals surface area (Å²) >= 11 is 0.848. The van der Waals surface area contributed by atoms with Crippen LogP contribution in [0.3, 0.4) is 0 Å². The first-order valence-corrected chi connectivity index (χ1v) is 7.99. The summed E-state index contributed by atoms with van der Waals surface area (Å²) in [6.45, 7) is 1.42. The lowest BCUT2D eigenvalue weighted by Crippen LogP contribution is -2.07. The number of hydrogen-bond donors (Lipinski definition) is 2. The quantitative estimate of drug-likeness (QED) is 0.530. The van der Waals surface area contributed by atoms with Crippen molar-refractivity contribution >= 4 is 37.9 Å². The predicted molar refractivity (Wildman–Crippen MR) is 88.5 cm³/mol. The molecular weight excluding hydrogens is 380 g/mol. The van der Waals surface area contributed by atoms with E-state index in [1.165, 1.54) is 19.1 Å². The fourth-order valence-electron chi connectivity index (χ4n) is 2.46. The van der Waals surface area contributed by atoms with E-state index in [4.69, 9.17) is 5.73 Å². The molecule has 0 radical (unpaired) electrons. The minimum absolute atomic E-state index is 0.0587. The van der Waals surface area contributed by atoms with Gasteiger partial charge >= 0.3 is 12.4 Å². The first-order valence-electron chi connectivity index (χ1n) is 7.18. The van der Waals surface area contributed by atoms with E-state index in [0.29, 0.717) is 0 Å². The van der Waals surface area contributed by atoms with Crippen LogP contribution in [0.25, 0.3) is 10.2 Å². The van der Waals surface area contributed by atoms with Crippen LogP contribution in [0.4, 0.5) is 42.7 Å². The molecule has 0 bridgehead atoms. The number of rotatable bonds is 2. The first-order chi connectivity index (χ1) is 12.0. The number of thiophene rings is 1. The second-order valence-electron chi connectivity index (χ2n) is 5.54. The molecule has 0 fully saturated rings. The Bertz CT molecular complexity index is 975. The number of fused-ring (bicyclic) bond motifs is 1. The van der Waals surface area contributed by atoms with Crippen molar-refractivity contribution in [3.05, 3.63) is 47.2 Å². The number of nitrogens with zero attached hydrogens (tertiary/aromatic N) is 1. The smallest absolute Gasteiger partial charge is 0.396 e. The van der Waals surface area contributed by atoms with Crippen molar-refractivity contribution in [3.8, 4) is 0 Å². The van der Waals surface area contributed by atoms with E-state index < -0.39 is 23.5 Å². The van der Waals surface area contributed by atoms with Gasteiger partial charge in [-0.1, -0.05) is 17.4 Å². The maximum atomic E-state index is 13.3. The molecule has 0 saturated heterocycles. The number of anilines is 3. The van der Waals surface area contributed by atoms with Gasteiger partial charge in [-0.25, -0.2) is 4.98 Å². The Morgan fingerprint density at radius 3 is 2.35 bits per heavy atom. The summed E-state index contributed by atoms with van der Waals surface area (Å²) in [7, 11) is 0. The largest absolute Gasteiger partial charge is 0.417 e. The van der Waals surface area contributed by atoms with Crippen LogP contribution in [0.2, 0.25) is 0 Å². The Hall–Kier alpha value is -2.49. The van der Waals surface area contributed by atoms with Gasteiger partial charge in [0.15, 0.2) is 0 Å². The monoisotopic (exact) mass is 391 g/mol. The molecule has 0 atom stereocenters. The normalized spacial score (nSPS) is 12.6. The van der Waals surface area contributed by atoms with Gasteiger partial charge in [-0.15, -0.1) is 0 Å². The fraction of sp³-hybridized carbons (Fsp3) is 0.188. The second-order valence-corrected chi connectivity index (χ2v) is 6.54. The van der Waals surface area contributed by atoms with E-state index in [0.717, 1.165) is 29.5 Å². The molecule has 138 valence electrons. The second kappa shape index (κ2) is 6.04. The van der Waals surface area contributed by atoms with Crippen molar-refractivity contribution in [2.45, 2.75) is 19.3 Å². The SMILES string of the molecule is Cc1cc(C(F)(F)F)c2c(N)c(Nc3cccc(C(F)(F)F)c3)sc2n1. The molecule has 3 N–H and O–H groups in total. The fourth-order valence-corrected chi connectivity index (χ4v) is 3.55. The highest BCUT2D eigenvalue weighted by Gasteiger charge is 2.35. The lowest BCUT2D eigenvalue weighted by atomic mass is 10.1. The number of nitrogens with one attached hydrogen (secondary N) is 1. The average Bonchev–Trinajstić information content (AvgIpc) is 2.81. The number of aryl methyl sites for hydroxylation is 1. The molecule has 10 heteroatoms. The zero-order chi connectivity index (χ0) is 19.3. The Labute approximate surface area is 147 Å². The van der Waals surface area contributed by atoms with Crippen molar-refractivity contribution < 1.29 is 26.3 Å². The van der Waals surface area contributed by atoms with Gasteiger partial charge in [-0.3, -0.25) is 0 Å². The van der Waals surface area contributed by atoms with Gasteiger partial charge in [-0.2, -0.15) is 26.3 Å². The van der Waals surface area contributed by atoms with E-state index in [-0.39, 0.29) is 32.3 Å². The van der Waals surface area contributed by atoms with Gasteiger partial charge in [0, 0.05) is 16.8 Å². The highest BCUT2D eigenvalue weighted by Crippen LogP contribution is 2.45. The van der Waals surface area contributed by atoms with Crippen LogP contribution in [0.1, 0.15) is 16.8 Å². The molecule has 0 saturated carbocycles. The maximum absolute atomic E-state index is 13.3. The zero-order valence-electron chi connectivity index (χ0n) is 13.1. The third kappa shape index (κ3) is 3.41. The number of hydrogen-bond acceptors (Lipinski definition) is 4. The molecule has 3 aromatic rings. The van der Waals surface area contributed by atoms with Crippen molar-refractivity contribution in [2.24, 2.45) is 0 Å². The average molecular weight is 391 g/mol. The van der Waals surface area contributed by atoms with Crippen molar-refractivity contribution in [1.82, 2.24) is 4.98 Å². The molecule has 2 heterocycles. The Morgan fingerprint density at radius 1 is 1.04 bits per heavy atom. The number of pyridine rings is 1. The van der Waals surface area contributed by atoms with Crippen LogP contribution in [0.15, 0.2) is 30.3 Å². The van der Waals surface area contributed by atoms with Gasteiger partial charge in [0.05, 0.1) is 16.8 Å². The highest BCUT2D eigenvalue weighted by atomic mass is 32.1. The molecule has 3 rings (SSSR count).